The monoisotopic (exact) mass is 857 g/mol. The highest BCUT2D eigenvalue weighted by Gasteiger charge is 2.31. The number of carbonyl (C=O) groups is 3. The summed E-state index contributed by atoms with van der Waals surface area (Å²) in [7, 11) is 5.47. The number of aliphatic carboxylic acids is 1. The fourth-order valence-corrected chi connectivity index (χ4v) is 5.63. The van der Waals surface area contributed by atoms with E-state index in [1.54, 1.807) is 0 Å². The molecule has 344 valence electrons. The first kappa shape index (κ1) is 57.2. The van der Waals surface area contributed by atoms with E-state index in [-0.39, 0.29) is 49.1 Å². The van der Waals surface area contributed by atoms with Crippen molar-refractivity contribution >= 4 is 17.9 Å². The van der Waals surface area contributed by atoms with Gasteiger partial charge in [-0.3, -0.25) is 9.59 Å². The topological polar surface area (TPSA) is 99.1 Å². The quantitative estimate of drug-likeness (QED) is 0.0217. The average Bonchev–Trinajstić information content (AvgIpc) is 3.23. The first-order valence-electron chi connectivity index (χ1n) is 22.9. The first-order valence-corrected chi connectivity index (χ1v) is 22.9. The van der Waals surface area contributed by atoms with Gasteiger partial charge in [0.1, 0.15) is 6.61 Å². The summed E-state index contributed by atoms with van der Waals surface area (Å²) >= 11 is 0. The molecule has 0 aromatic heterocycles. The molecule has 0 aliphatic rings. The van der Waals surface area contributed by atoms with Gasteiger partial charge in [-0.15, -0.1) is 0 Å². The summed E-state index contributed by atoms with van der Waals surface area (Å²) in [4.78, 5) is 37.0. The highest BCUT2D eigenvalue weighted by atomic mass is 16.6. The maximum atomic E-state index is 12.7. The van der Waals surface area contributed by atoms with Crippen LogP contribution in [0, 0.1) is 0 Å². The Morgan fingerprint density at radius 1 is 0.500 bits per heavy atom. The van der Waals surface area contributed by atoms with Crippen molar-refractivity contribution in [2.75, 3.05) is 41.0 Å². The first-order chi connectivity index (χ1) is 30.1. The SMILES string of the molecule is CC/C=C/C=C/C=C/C=C/C=C/CCCCCC(=O)OCC(COCCC(C(=O)O)[N+](C)(C)C)OC(=O)CCC/C=C/C/C=C/C/C=C/C/C=C/C/C=C/C/C=C/C/C=C/CC. The molecule has 0 aliphatic heterocycles. The lowest BCUT2D eigenvalue weighted by Gasteiger charge is -2.31. The number of carboxylic acids is 1. The van der Waals surface area contributed by atoms with Crippen molar-refractivity contribution in [3.63, 3.8) is 0 Å². The van der Waals surface area contributed by atoms with E-state index >= 15 is 0 Å². The molecular formula is C54H82NO7+. The van der Waals surface area contributed by atoms with E-state index in [4.69, 9.17) is 14.2 Å². The van der Waals surface area contributed by atoms with Gasteiger partial charge in [0, 0.05) is 19.3 Å². The molecule has 0 spiro atoms. The largest absolute Gasteiger partial charge is 0.477 e. The fraction of sp³-hybridized carbons (Fsp3) is 0.500. The number of esters is 2. The molecule has 8 heteroatoms. The third-order valence-corrected chi connectivity index (χ3v) is 9.11. The second-order valence-electron chi connectivity index (χ2n) is 15.7. The molecule has 1 N–H and O–H groups in total. The summed E-state index contributed by atoms with van der Waals surface area (Å²) in [5, 5.41) is 9.63. The standard InChI is InChI=1S/C54H81NO7/c1-6-8-10-12-14-16-18-20-22-23-24-25-26-27-28-29-31-33-35-37-39-41-43-45-53(57)62-50(48-60-47-46-51(54(58)59)55(3,4)5)49-61-52(56)44-42-40-38-36-34-32-30-21-19-17-15-13-11-9-7-2/h8-11,13-17,19-22,24-25,27-28,30-34,37,39,50-51H,6-7,12,18,23,26,29,35-36,38,40-49H2,1-5H3/p+1/b10-8+,11-9+,15-13+,16-14+,19-17+,22-20+,25-24+,28-27+,30-21+,33-31+,34-32+,39-37+. The molecule has 2 unspecified atom stereocenters. The summed E-state index contributed by atoms with van der Waals surface area (Å²) in [6, 6.07) is -0.643. The summed E-state index contributed by atoms with van der Waals surface area (Å²) in [6.45, 7) is 4.33. The number of rotatable bonds is 38. The van der Waals surface area contributed by atoms with Gasteiger partial charge >= 0.3 is 17.9 Å². The maximum absolute atomic E-state index is 12.7. The van der Waals surface area contributed by atoms with Crippen LogP contribution in [0.4, 0.5) is 0 Å². The molecule has 0 fully saturated rings. The second kappa shape index (κ2) is 42.9. The lowest BCUT2D eigenvalue weighted by Crippen LogP contribution is -2.50. The lowest BCUT2D eigenvalue weighted by molar-refractivity contribution is -0.887. The Labute approximate surface area is 376 Å². The zero-order valence-corrected chi connectivity index (χ0v) is 39.0. The van der Waals surface area contributed by atoms with Gasteiger partial charge in [-0.25, -0.2) is 4.79 Å². The van der Waals surface area contributed by atoms with Crippen LogP contribution in [-0.4, -0.2) is 80.6 Å². The van der Waals surface area contributed by atoms with E-state index in [0.29, 0.717) is 19.3 Å². The summed E-state index contributed by atoms with van der Waals surface area (Å²) in [5.74, 6) is -1.63. The molecule has 0 aliphatic carbocycles. The van der Waals surface area contributed by atoms with Gasteiger partial charge in [-0.2, -0.15) is 0 Å². The van der Waals surface area contributed by atoms with E-state index in [1.807, 2.05) is 69.8 Å². The predicted octanol–water partition coefficient (Wildman–Crippen LogP) is 13.0. The van der Waals surface area contributed by atoms with Crippen molar-refractivity contribution in [1.82, 2.24) is 0 Å². The molecule has 0 rings (SSSR count). The summed E-state index contributed by atoms with van der Waals surface area (Å²) < 4.78 is 17.2. The average molecular weight is 857 g/mol. The molecule has 0 radical (unpaired) electrons. The minimum atomic E-state index is -0.899. The Balaban J connectivity index is 4.53. The van der Waals surface area contributed by atoms with Crippen LogP contribution >= 0.6 is 0 Å². The van der Waals surface area contributed by atoms with Crippen LogP contribution in [0.5, 0.6) is 0 Å². The van der Waals surface area contributed by atoms with Crippen molar-refractivity contribution in [1.29, 1.82) is 0 Å². The van der Waals surface area contributed by atoms with Gasteiger partial charge in [0.15, 0.2) is 12.1 Å². The number of nitrogens with zero attached hydrogens (tertiary/aromatic N) is 1. The molecule has 8 nitrogen and oxygen atoms in total. The third-order valence-electron chi connectivity index (χ3n) is 9.11. The zero-order chi connectivity index (χ0) is 45.6. The van der Waals surface area contributed by atoms with Crippen LogP contribution < -0.4 is 0 Å². The van der Waals surface area contributed by atoms with Crippen LogP contribution in [0.1, 0.15) is 123 Å². The Morgan fingerprint density at radius 3 is 1.45 bits per heavy atom. The number of quaternary nitrogens is 1. The number of likely N-dealkylation sites (N-methyl/N-ethyl adjacent to an activating group) is 1. The van der Waals surface area contributed by atoms with Crippen molar-refractivity contribution in [2.24, 2.45) is 0 Å². The van der Waals surface area contributed by atoms with Gasteiger partial charge in [0.05, 0.1) is 34.4 Å². The smallest absolute Gasteiger partial charge is 0.362 e. The molecule has 62 heavy (non-hydrogen) atoms. The maximum Gasteiger partial charge on any atom is 0.362 e. The van der Waals surface area contributed by atoms with Crippen LogP contribution in [0.25, 0.3) is 0 Å². The number of allylic oxidation sites excluding steroid dienone is 24. The van der Waals surface area contributed by atoms with Gasteiger partial charge in [0.25, 0.3) is 0 Å². The van der Waals surface area contributed by atoms with Gasteiger partial charge < -0.3 is 23.8 Å². The number of carbonyl (C=O) groups excluding carboxylic acids is 2. The van der Waals surface area contributed by atoms with Gasteiger partial charge in [-0.05, 0) is 83.5 Å². The van der Waals surface area contributed by atoms with Gasteiger partial charge in [0.2, 0.25) is 0 Å². The van der Waals surface area contributed by atoms with Crippen molar-refractivity contribution in [3.8, 4) is 0 Å². The molecule has 2 atom stereocenters. The molecule has 0 aromatic carbocycles. The van der Waals surface area contributed by atoms with E-state index in [2.05, 4.69) is 111 Å². The van der Waals surface area contributed by atoms with Crippen LogP contribution in [0.2, 0.25) is 0 Å². The van der Waals surface area contributed by atoms with E-state index < -0.39 is 18.1 Å². The number of hydrogen-bond donors (Lipinski definition) is 1. The minimum Gasteiger partial charge on any atom is -0.477 e. The molecule has 0 saturated heterocycles. The molecule has 0 amide bonds. The lowest BCUT2D eigenvalue weighted by atomic mass is 10.1. The minimum absolute atomic E-state index is 0.0118. The van der Waals surface area contributed by atoms with E-state index in [0.717, 1.165) is 77.0 Å². The van der Waals surface area contributed by atoms with Crippen molar-refractivity contribution in [3.05, 3.63) is 146 Å². The van der Waals surface area contributed by atoms with E-state index in [1.165, 1.54) is 0 Å². The Hall–Kier alpha value is -4.79. The number of carboxylic acid groups (broad SMARTS) is 1. The zero-order valence-electron chi connectivity index (χ0n) is 39.0. The fourth-order valence-electron chi connectivity index (χ4n) is 5.63. The molecular weight excluding hydrogens is 775 g/mol. The third kappa shape index (κ3) is 40.6. The van der Waals surface area contributed by atoms with Crippen LogP contribution in [0.3, 0.4) is 0 Å². The number of ether oxygens (including phenoxy) is 3. The van der Waals surface area contributed by atoms with Crippen LogP contribution in [-0.2, 0) is 28.6 Å². The Morgan fingerprint density at radius 2 is 0.952 bits per heavy atom. The molecule has 0 saturated carbocycles. The van der Waals surface area contributed by atoms with Crippen molar-refractivity contribution < 1.29 is 38.2 Å². The Bertz CT molecular complexity index is 1510. The number of unbranched alkanes of at least 4 members (excludes halogenated alkanes) is 4. The molecule has 0 bridgehead atoms. The molecule has 0 heterocycles. The second-order valence-corrected chi connectivity index (χ2v) is 15.7. The number of hydrogen-bond acceptors (Lipinski definition) is 6. The Kier molecular flexibility index (Phi) is 39.6. The molecule has 0 aromatic rings. The highest BCUT2D eigenvalue weighted by Crippen LogP contribution is 2.11. The van der Waals surface area contributed by atoms with Gasteiger partial charge in [-0.1, -0.05) is 166 Å². The van der Waals surface area contributed by atoms with Crippen molar-refractivity contribution in [2.45, 2.75) is 135 Å². The van der Waals surface area contributed by atoms with E-state index in [9.17, 15) is 19.5 Å². The summed E-state index contributed by atoms with van der Waals surface area (Å²) in [5.41, 5.74) is 0. The normalized spacial score (nSPS) is 14.3. The van der Waals surface area contributed by atoms with Crippen LogP contribution in [0.15, 0.2) is 146 Å². The highest BCUT2D eigenvalue weighted by molar-refractivity contribution is 5.72. The summed E-state index contributed by atoms with van der Waals surface area (Å²) in [6.07, 6.45) is 63.3. The predicted molar refractivity (Wildman–Crippen MR) is 261 cm³/mol.